The van der Waals surface area contributed by atoms with E-state index in [0.717, 1.165) is 0 Å². The number of rotatable bonds is 4. The standard InChI is InChI=1S/C14H10ClF3N2O4/c1-2-23-12(22)9-10(14(16,17)18)19-13(24-9)20-11(21)7-5-3-4-6-8(7)15/h3-6H,2H2,1H3,(H,19,20,21). The number of hydrogen-bond acceptors (Lipinski definition) is 5. The van der Waals surface area contributed by atoms with Crippen LogP contribution in [0, 0.1) is 0 Å². The van der Waals surface area contributed by atoms with Crippen molar-refractivity contribution in [2.75, 3.05) is 11.9 Å². The lowest BCUT2D eigenvalue weighted by atomic mass is 10.2. The number of anilines is 1. The van der Waals surface area contributed by atoms with Crippen LogP contribution in [0.2, 0.25) is 5.02 Å². The number of alkyl halides is 3. The maximum absolute atomic E-state index is 12.9. The van der Waals surface area contributed by atoms with Gasteiger partial charge in [0.25, 0.3) is 5.91 Å². The molecule has 6 nitrogen and oxygen atoms in total. The third-order valence-electron chi connectivity index (χ3n) is 2.70. The Morgan fingerprint density at radius 1 is 1.33 bits per heavy atom. The average Bonchev–Trinajstić information content (AvgIpc) is 2.92. The molecule has 0 bridgehead atoms. The summed E-state index contributed by atoms with van der Waals surface area (Å²) in [5.41, 5.74) is -1.58. The van der Waals surface area contributed by atoms with E-state index in [4.69, 9.17) is 16.0 Å². The van der Waals surface area contributed by atoms with Crippen LogP contribution in [0.25, 0.3) is 0 Å². The highest BCUT2D eigenvalue weighted by atomic mass is 35.5. The normalized spacial score (nSPS) is 11.2. The minimum Gasteiger partial charge on any atom is -0.460 e. The Balaban J connectivity index is 2.33. The average molecular weight is 363 g/mol. The van der Waals surface area contributed by atoms with E-state index in [2.05, 4.69) is 9.72 Å². The Morgan fingerprint density at radius 2 is 2.00 bits per heavy atom. The summed E-state index contributed by atoms with van der Waals surface area (Å²) in [6.45, 7) is 1.26. The molecule has 0 unspecified atom stereocenters. The van der Waals surface area contributed by atoms with E-state index < -0.39 is 35.5 Å². The summed E-state index contributed by atoms with van der Waals surface area (Å²) in [5.74, 6) is -3.32. The maximum atomic E-state index is 12.9. The quantitative estimate of drug-likeness (QED) is 0.837. The predicted octanol–water partition coefficient (Wildman–Crippen LogP) is 3.78. The van der Waals surface area contributed by atoms with Crippen LogP contribution >= 0.6 is 11.6 Å². The molecular formula is C14H10ClF3N2O4. The minimum absolute atomic E-state index is 0.00334. The van der Waals surface area contributed by atoms with Crippen molar-refractivity contribution in [2.45, 2.75) is 13.1 Å². The molecule has 2 aromatic rings. The molecule has 0 saturated carbocycles. The van der Waals surface area contributed by atoms with E-state index >= 15 is 0 Å². The summed E-state index contributed by atoms with van der Waals surface area (Å²) in [6, 6.07) is 5.08. The lowest BCUT2D eigenvalue weighted by molar-refractivity contribution is -0.141. The lowest BCUT2D eigenvalue weighted by Crippen LogP contribution is -2.14. The van der Waals surface area contributed by atoms with Gasteiger partial charge >= 0.3 is 18.2 Å². The Bertz CT molecular complexity index is 774. The molecule has 1 heterocycles. The molecular weight excluding hydrogens is 353 g/mol. The van der Waals surface area contributed by atoms with Gasteiger partial charge in [0, 0.05) is 0 Å². The van der Waals surface area contributed by atoms with Crippen LogP contribution in [-0.4, -0.2) is 23.5 Å². The topological polar surface area (TPSA) is 81.4 Å². The summed E-state index contributed by atoms with van der Waals surface area (Å²) in [5, 5.41) is 2.11. The van der Waals surface area contributed by atoms with Gasteiger partial charge in [0.05, 0.1) is 17.2 Å². The molecule has 1 aromatic carbocycles. The molecule has 0 aliphatic carbocycles. The molecule has 0 atom stereocenters. The second kappa shape index (κ2) is 6.91. The number of halogens is 4. The van der Waals surface area contributed by atoms with Gasteiger partial charge in [-0.2, -0.15) is 18.2 Å². The van der Waals surface area contributed by atoms with Crippen molar-refractivity contribution in [2.24, 2.45) is 0 Å². The van der Waals surface area contributed by atoms with Crippen LogP contribution < -0.4 is 5.32 Å². The van der Waals surface area contributed by atoms with Gasteiger partial charge in [-0.3, -0.25) is 10.1 Å². The minimum atomic E-state index is -4.96. The first kappa shape index (κ1) is 17.8. The van der Waals surface area contributed by atoms with Crippen molar-refractivity contribution in [3.8, 4) is 0 Å². The highest BCUT2D eigenvalue weighted by molar-refractivity contribution is 6.34. The van der Waals surface area contributed by atoms with Crippen molar-refractivity contribution in [1.82, 2.24) is 4.98 Å². The number of amides is 1. The highest BCUT2D eigenvalue weighted by Gasteiger charge is 2.42. The summed E-state index contributed by atoms with van der Waals surface area (Å²) in [7, 11) is 0. The van der Waals surface area contributed by atoms with E-state index in [9.17, 15) is 22.8 Å². The lowest BCUT2D eigenvalue weighted by Gasteiger charge is -2.03. The van der Waals surface area contributed by atoms with E-state index in [1.807, 2.05) is 5.32 Å². The van der Waals surface area contributed by atoms with Crippen LogP contribution in [0.3, 0.4) is 0 Å². The Kier molecular flexibility index (Phi) is 5.13. The van der Waals surface area contributed by atoms with E-state index in [-0.39, 0.29) is 17.2 Å². The number of carbonyl (C=O) groups excluding carboxylic acids is 2. The van der Waals surface area contributed by atoms with Gasteiger partial charge < -0.3 is 9.15 Å². The fourth-order valence-electron chi connectivity index (χ4n) is 1.71. The zero-order valence-corrected chi connectivity index (χ0v) is 12.9. The molecule has 0 saturated heterocycles. The number of oxazole rings is 1. The zero-order chi connectivity index (χ0) is 17.9. The highest BCUT2D eigenvalue weighted by Crippen LogP contribution is 2.33. The smallest absolute Gasteiger partial charge is 0.437 e. The first-order valence-corrected chi connectivity index (χ1v) is 6.92. The number of nitrogens with one attached hydrogen (secondary N) is 1. The molecule has 0 aliphatic rings. The fraction of sp³-hybridized carbons (Fsp3) is 0.214. The van der Waals surface area contributed by atoms with Gasteiger partial charge in [0.2, 0.25) is 5.76 Å². The third-order valence-corrected chi connectivity index (χ3v) is 3.03. The predicted molar refractivity (Wildman–Crippen MR) is 76.9 cm³/mol. The second-order valence-corrected chi connectivity index (χ2v) is 4.76. The third kappa shape index (κ3) is 3.85. The molecule has 10 heteroatoms. The van der Waals surface area contributed by atoms with Gasteiger partial charge in [-0.1, -0.05) is 23.7 Å². The van der Waals surface area contributed by atoms with Gasteiger partial charge in [0.15, 0.2) is 5.69 Å². The molecule has 1 aromatic heterocycles. The zero-order valence-electron chi connectivity index (χ0n) is 12.1. The van der Waals surface area contributed by atoms with Gasteiger partial charge in [-0.25, -0.2) is 4.79 Å². The van der Waals surface area contributed by atoms with Crippen molar-refractivity contribution in [3.05, 3.63) is 46.3 Å². The van der Waals surface area contributed by atoms with Crippen LogP contribution in [-0.2, 0) is 10.9 Å². The first-order valence-electron chi connectivity index (χ1n) is 6.55. The molecule has 128 valence electrons. The van der Waals surface area contributed by atoms with Crippen LogP contribution in [0.1, 0.15) is 33.5 Å². The first-order chi connectivity index (χ1) is 11.2. The van der Waals surface area contributed by atoms with Gasteiger partial charge in [-0.05, 0) is 19.1 Å². The number of hydrogen-bond donors (Lipinski definition) is 1. The summed E-state index contributed by atoms with van der Waals surface area (Å²) in [4.78, 5) is 26.7. The van der Waals surface area contributed by atoms with E-state index in [1.54, 1.807) is 6.07 Å². The number of benzene rings is 1. The number of aromatic nitrogens is 1. The second-order valence-electron chi connectivity index (χ2n) is 4.35. The Hall–Kier alpha value is -2.55. The summed E-state index contributed by atoms with van der Waals surface area (Å²) < 4.78 is 48.0. The summed E-state index contributed by atoms with van der Waals surface area (Å²) >= 11 is 5.82. The van der Waals surface area contributed by atoms with Crippen molar-refractivity contribution in [1.29, 1.82) is 0 Å². The molecule has 1 N–H and O–H groups in total. The molecule has 24 heavy (non-hydrogen) atoms. The molecule has 0 radical (unpaired) electrons. The Labute approximate surface area is 138 Å². The largest absolute Gasteiger partial charge is 0.460 e. The maximum Gasteiger partial charge on any atom is 0.437 e. The monoisotopic (exact) mass is 362 g/mol. The molecule has 0 spiro atoms. The van der Waals surface area contributed by atoms with Gasteiger partial charge in [0.1, 0.15) is 0 Å². The fourth-order valence-corrected chi connectivity index (χ4v) is 1.93. The molecule has 2 rings (SSSR count). The number of esters is 1. The van der Waals surface area contributed by atoms with E-state index in [1.165, 1.54) is 25.1 Å². The number of carbonyl (C=O) groups is 2. The number of ether oxygens (including phenoxy) is 1. The van der Waals surface area contributed by atoms with Crippen LogP contribution in [0.5, 0.6) is 0 Å². The van der Waals surface area contributed by atoms with E-state index in [0.29, 0.717) is 0 Å². The molecule has 1 amide bonds. The van der Waals surface area contributed by atoms with Gasteiger partial charge in [-0.15, -0.1) is 0 Å². The molecule has 0 aliphatic heterocycles. The van der Waals surface area contributed by atoms with Crippen molar-refractivity contribution >= 4 is 29.5 Å². The van der Waals surface area contributed by atoms with Crippen LogP contribution in [0.15, 0.2) is 28.7 Å². The summed E-state index contributed by atoms with van der Waals surface area (Å²) in [6.07, 6.45) is -4.96. The Morgan fingerprint density at radius 3 is 2.58 bits per heavy atom. The van der Waals surface area contributed by atoms with Crippen LogP contribution in [0.4, 0.5) is 19.2 Å². The molecule has 0 fully saturated rings. The number of nitrogens with zero attached hydrogens (tertiary/aromatic N) is 1. The van der Waals surface area contributed by atoms with Crippen molar-refractivity contribution in [3.63, 3.8) is 0 Å². The van der Waals surface area contributed by atoms with Crippen molar-refractivity contribution < 1.29 is 31.9 Å². The SMILES string of the molecule is CCOC(=O)c1oc(NC(=O)c2ccccc2Cl)nc1C(F)(F)F.